The number of halogens is 6. The Balaban J connectivity index is 1.94. The van der Waals surface area contributed by atoms with Crippen molar-refractivity contribution in [3.63, 3.8) is 0 Å². The van der Waals surface area contributed by atoms with Crippen molar-refractivity contribution in [1.29, 1.82) is 0 Å². The number of H-pyrrole nitrogens is 1. The third kappa shape index (κ3) is 2.66. The highest BCUT2D eigenvalue weighted by Gasteiger charge is 2.42. The summed E-state index contributed by atoms with van der Waals surface area (Å²) in [5.41, 5.74) is 0.728. The molecule has 3 heterocycles. The average molecular weight is 391 g/mol. The number of hydrogen-bond acceptors (Lipinski definition) is 3. The zero-order valence-electron chi connectivity index (χ0n) is 13.1. The van der Waals surface area contributed by atoms with Crippen LogP contribution in [0.25, 0.3) is 21.9 Å². The first-order valence-corrected chi connectivity index (χ1v) is 8.14. The fourth-order valence-electron chi connectivity index (χ4n) is 3.32. The van der Waals surface area contributed by atoms with Gasteiger partial charge in [0.2, 0.25) is 0 Å². The Morgan fingerprint density at radius 3 is 2.69 bits per heavy atom. The summed E-state index contributed by atoms with van der Waals surface area (Å²) in [6, 6.07) is 0.574. The minimum Gasteiger partial charge on any atom is -0.366 e. The minimum atomic E-state index is -4.44. The molecule has 2 N–H and O–H groups in total. The number of benzene rings is 1. The van der Waals surface area contributed by atoms with Gasteiger partial charge in [-0.3, -0.25) is 0 Å². The van der Waals surface area contributed by atoms with Crippen molar-refractivity contribution in [1.82, 2.24) is 15.3 Å². The van der Waals surface area contributed by atoms with Gasteiger partial charge in [-0.15, -0.1) is 0 Å². The van der Waals surface area contributed by atoms with Gasteiger partial charge in [0.1, 0.15) is 11.7 Å². The van der Waals surface area contributed by atoms with Gasteiger partial charge < -0.3 is 15.2 Å². The van der Waals surface area contributed by atoms with Crippen LogP contribution in [0, 0.1) is 11.6 Å². The molecule has 1 saturated heterocycles. The third-order valence-corrected chi connectivity index (χ3v) is 4.77. The molecule has 2 aromatic heterocycles. The van der Waals surface area contributed by atoms with Crippen molar-refractivity contribution in [2.75, 3.05) is 24.5 Å². The number of piperazine rings is 1. The van der Waals surface area contributed by atoms with Gasteiger partial charge in [0, 0.05) is 25.0 Å². The normalized spacial score (nSPS) is 18.8. The predicted molar refractivity (Wildman–Crippen MR) is 88.6 cm³/mol. The molecule has 4 nitrogen and oxygen atoms in total. The smallest absolute Gasteiger partial charge is 0.366 e. The van der Waals surface area contributed by atoms with Crippen LogP contribution in [0.3, 0.4) is 0 Å². The Morgan fingerprint density at radius 1 is 1.19 bits per heavy atom. The van der Waals surface area contributed by atoms with Crippen LogP contribution in [0.2, 0.25) is 5.02 Å². The van der Waals surface area contributed by atoms with Gasteiger partial charge in [-0.25, -0.2) is 13.8 Å². The van der Waals surface area contributed by atoms with E-state index in [4.69, 9.17) is 11.6 Å². The average Bonchev–Trinajstić information content (AvgIpc) is 2.97. The molecule has 1 aliphatic rings. The van der Waals surface area contributed by atoms with E-state index in [1.807, 2.05) is 0 Å². The molecule has 0 aliphatic carbocycles. The van der Waals surface area contributed by atoms with Gasteiger partial charge in [0.15, 0.2) is 11.6 Å². The molecule has 0 spiro atoms. The summed E-state index contributed by atoms with van der Waals surface area (Å²) in [5.74, 6) is -2.15. The molecule has 4 rings (SSSR count). The second-order valence-electron chi connectivity index (χ2n) is 6.08. The Labute approximate surface area is 148 Å². The standard InChI is InChI=1S/C16H12ClF5N4/c17-7-5-24-15-12(11-9(25-15)2-1-8(18)13(11)19)14(7)26-4-3-23-10(6-26)16(20,21)22/h1-2,5,10,23H,3-4,6H2,(H,24,25). The number of alkyl halides is 3. The molecule has 10 heteroatoms. The van der Waals surface area contributed by atoms with Crippen LogP contribution in [0.1, 0.15) is 0 Å². The second-order valence-corrected chi connectivity index (χ2v) is 6.49. The Kier molecular flexibility index (Phi) is 3.96. The Bertz CT molecular complexity index is 1000. The van der Waals surface area contributed by atoms with Crippen molar-refractivity contribution >= 4 is 39.2 Å². The van der Waals surface area contributed by atoms with Crippen LogP contribution in [-0.2, 0) is 0 Å². The SMILES string of the molecule is Fc1ccc2[nH]c3ncc(Cl)c(N4CCNC(C(F)(F)F)C4)c3c2c1F. The molecule has 0 radical (unpaired) electrons. The highest BCUT2D eigenvalue weighted by atomic mass is 35.5. The van der Waals surface area contributed by atoms with Crippen LogP contribution in [0.15, 0.2) is 18.3 Å². The Morgan fingerprint density at radius 2 is 1.96 bits per heavy atom. The summed E-state index contributed by atoms with van der Waals surface area (Å²) in [5, 5.41) is 2.58. The maximum atomic E-state index is 14.4. The topological polar surface area (TPSA) is 44.0 Å². The number of anilines is 1. The molecular weight excluding hydrogens is 379 g/mol. The van der Waals surface area contributed by atoms with Gasteiger partial charge in [-0.2, -0.15) is 13.2 Å². The van der Waals surface area contributed by atoms with Gasteiger partial charge >= 0.3 is 6.18 Å². The van der Waals surface area contributed by atoms with E-state index in [1.165, 1.54) is 17.2 Å². The molecule has 1 aromatic carbocycles. The Hall–Kier alpha value is -2.13. The first-order chi connectivity index (χ1) is 12.3. The molecule has 0 bridgehead atoms. The highest BCUT2D eigenvalue weighted by molar-refractivity contribution is 6.35. The zero-order valence-corrected chi connectivity index (χ0v) is 13.8. The molecular formula is C16H12ClF5N4. The van der Waals surface area contributed by atoms with E-state index in [0.29, 0.717) is 0 Å². The van der Waals surface area contributed by atoms with E-state index in [9.17, 15) is 22.0 Å². The third-order valence-electron chi connectivity index (χ3n) is 4.49. The number of aromatic amines is 1. The molecule has 138 valence electrons. The number of hydrogen-bond donors (Lipinski definition) is 2. The number of nitrogens with zero attached hydrogens (tertiary/aromatic N) is 2. The van der Waals surface area contributed by atoms with Crippen molar-refractivity contribution in [3.05, 3.63) is 35.0 Å². The fourth-order valence-corrected chi connectivity index (χ4v) is 3.58. The van der Waals surface area contributed by atoms with Crippen molar-refractivity contribution in [2.24, 2.45) is 0 Å². The van der Waals surface area contributed by atoms with Gasteiger partial charge in [0.05, 0.1) is 27.8 Å². The second kappa shape index (κ2) is 5.95. The largest absolute Gasteiger partial charge is 0.405 e. The van der Waals surface area contributed by atoms with Crippen molar-refractivity contribution < 1.29 is 22.0 Å². The molecule has 26 heavy (non-hydrogen) atoms. The maximum absolute atomic E-state index is 14.4. The number of pyridine rings is 1. The summed E-state index contributed by atoms with van der Waals surface area (Å²) in [6.07, 6.45) is -3.15. The summed E-state index contributed by atoms with van der Waals surface area (Å²) in [6.45, 7) is -0.0928. The van der Waals surface area contributed by atoms with Gasteiger partial charge in [0.25, 0.3) is 0 Å². The number of aromatic nitrogens is 2. The van der Waals surface area contributed by atoms with E-state index in [-0.39, 0.29) is 45.7 Å². The number of nitrogens with one attached hydrogen (secondary N) is 2. The summed E-state index contributed by atoms with van der Waals surface area (Å²) < 4.78 is 67.5. The lowest BCUT2D eigenvalue weighted by Gasteiger charge is -2.36. The first-order valence-electron chi connectivity index (χ1n) is 7.76. The molecule has 0 saturated carbocycles. The quantitative estimate of drug-likeness (QED) is 0.618. The molecule has 1 aliphatic heterocycles. The predicted octanol–water partition coefficient (Wildman–Crippen LogP) is 3.99. The molecule has 0 amide bonds. The lowest BCUT2D eigenvalue weighted by Crippen LogP contribution is -2.57. The maximum Gasteiger partial charge on any atom is 0.405 e. The molecule has 1 unspecified atom stereocenters. The van der Waals surface area contributed by atoms with Crippen LogP contribution >= 0.6 is 11.6 Å². The molecule has 3 aromatic rings. The number of fused-ring (bicyclic) bond motifs is 3. The first kappa shape index (κ1) is 17.3. The van der Waals surface area contributed by atoms with E-state index in [2.05, 4.69) is 15.3 Å². The minimum absolute atomic E-state index is 0.0729. The van der Waals surface area contributed by atoms with Crippen molar-refractivity contribution in [2.45, 2.75) is 12.2 Å². The van der Waals surface area contributed by atoms with E-state index in [0.717, 1.165) is 6.07 Å². The monoisotopic (exact) mass is 390 g/mol. The van der Waals surface area contributed by atoms with E-state index >= 15 is 0 Å². The van der Waals surface area contributed by atoms with E-state index in [1.54, 1.807) is 0 Å². The highest BCUT2D eigenvalue weighted by Crippen LogP contribution is 2.40. The molecule has 1 atom stereocenters. The summed E-state index contributed by atoms with van der Waals surface area (Å²) >= 11 is 6.21. The lowest BCUT2D eigenvalue weighted by molar-refractivity contribution is -0.155. The van der Waals surface area contributed by atoms with Crippen LogP contribution in [0.5, 0.6) is 0 Å². The van der Waals surface area contributed by atoms with Crippen molar-refractivity contribution in [3.8, 4) is 0 Å². The fraction of sp³-hybridized carbons (Fsp3) is 0.312. The van der Waals surface area contributed by atoms with E-state index < -0.39 is 30.4 Å². The summed E-state index contributed by atoms with van der Waals surface area (Å²) in [7, 11) is 0. The number of rotatable bonds is 1. The van der Waals surface area contributed by atoms with Gasteiger partial charge in [-0.05, 0) is 12.1 Å². The lowest BCUT2D eigenvalue weighted by atomic mass is 10.1. The van der Waals surface area contributed by atoms with Crippen LogP contribution in [0.4, 0.5) is 27.6 Å². The van der Waals surface area contributed by atoms with Crippen LogP contribution in [-0.4, -0.2) is 41.8 Å². The summed E-state index contributed by atoms with van der Waals surface area (Å²) in [4.78, 5) is 8.35. The molecule has 1 fully saturated rings. The van der Waals surface area contributed by atoms with Gasteiger partial charge in [-0.1, -0.05) is 11.6 Å². The van der Waals surface area contributed by atoms with Crippen LogP contribution < -0.4 is 10.2 Å². The zero-order chi connectivity index (χ0) is 18.6.